The molecule has 0 aliphatic heterocycles. The van der Waals surface area contributed by atoms with Gasteiger partial charge in [-0.3, -0.25) is 0 Å². The Labute approximate surface area is 167 Å². The topological polar surface area (TPSA) is 3.24 Å². The second kappa shape index (κ2) is 8.33. The molecular weight excluding hydrogens is 396 g/mol. The van der Waals surface area contributed by atoms with Crippen LogP contribution in [0.2, 0.25) is 20.1 Å². The Morgan fingerprint density at radius 3 is 1.52 bits per heavy atom. The SMILES string of the molecule is Clc1ccc(CN(Cc2ccc(Cl)cc2Cl)c2ccccc2)c(Cl)c1. The minimum absolute atomic E-state index is 0.626. The largest absolute Gasteiger partial charge is 0.363 e. The van der Waals surface area contributed by atoms with E-state index in [0.29, 0.717) is 33.2 Å². The van der Waals surface area contributed by atoms with Gasteiger partial charge in [-0.1, -0.05) is 76.7 Å². The fourth-order valence-electron chi connectivity index (χ4n) is 2.59. The van der Waals surface area contributed by atoms with Crippen molar-refractivity contribution in [1.29, 1.82) is 0 Å². The maximum atomic E-state index is 6.36. The highest BCUT2D eigenvalue weighted by atomic mass is 35.5. The Morgan fingerprint density at radius 2 is 1.08 bits per heavy atom. The Kier molecular flexibility index (Phi) is 6.14. The molecule has 1 nitrogen and oxygen atoms in total. The molecular formula is C20H15Cl4N. The number of anilines is 1. The summed E-state index contributed by atoms with van der Waals surface area (Å²) in [6.45, 7) is 1.28. The first-order chi connectivity index (χ1) is 12.0. The van der Waals surface area contributed by atoms with Gasteiger partial charge >= 0.3 is 0 Å². The highest BCUT2D eigenvalue weighted by Gasteiger charge is 2.13. The summed E-state index contributed by atoms with van der Waals surface area (Å²) in [5, 5.41) is 2.55. The number of hydrogen-bond donors (Lipinski definition) is 0. The Morgan fingerprint density at radius 1 is 0.600 bits per heavy atom. The molecule has 0 radical (unpaired) electrons. The molecule has 0 saturated heterocycles. The highest BCUT2D eigenvalue weighted by Crippen LogP contribution is 2.28. The van der Waals surface area contributed by atoms with Gasteiger partial charge in [0, 0.05) is 38.9 Å². The van der Waals surface area contributed by atoms with E-state index < -0.39 is 0 Å². The van der Waals surface area contributed by atoms with Gasteiger partial charge in [0.2, 0.25) is 0 Å². The Hall–Kier alpha value is -1.38. The molecule has 0 fully saturated rings. The van der Waals surface area contributed by atoms with Crippen molar-refractivity contribution >= 4 is 52.1 Å². The second-order valence-corrected chi connectivity index (χ2v) is 7.35. The van der Waals surface area contributed by atoms with Crippen LogP contribution in [-0.4, -0.2) is 0 Å². The molecule has 25 heavy (non-hydrogen) atoms. The summed E-state index contributed by atoms with van der Waals surface area (Å²) in [5.74, 6) is 0. The van der Waals surface area contributed by atoms with Crippen LogP contribution >= 0.6 is 46.4 Å². The van der Waals surface area contributed by atoms with E-state index in [0.717, 1.165) is 16.8 Å². The van der Waals surface area contributed by atoms with E-state index >= 15 is 0 Å². The first kappa shape index (κ1) is 18.4. The fraction of sp³-hybridized carbons (Fsp3) is 0.100. The van der Waals surface area contributed by atoms with E-state index in [1.165, 1.54) is 0 Å². The molecule has 0 aromatic heterocycles. The zero-order chi connectivity index (χ0) is 17.8. The van der Waals surface area contributed by atoms with E-state index in [2.05, 4.69) is 17.0 Å². The Balaban J connectivity index is 1.92. The van der Waals surface area contributed by atoms with Gasteiger partial charge in [-0.2, -0.15) is 0 Å². The van der Waals surface area contributed by atoms with Crippen molar-refractivity contribution in [2.75, 3.05) is 4.90 Å². The molecule has 0 aliphatic rings. The van der Waals surface area contributed by atoms with Crippen LogP contribution in [0, 0.1) is 0 Å². The number of rotatable bonds is 5. The molecule has 0 bridgehead atoms. The van der Waals surface area contributed by atoms with E-state index in [-0.39, 0.29) is 0 Å². The summed E-state index contributed by atoms with van der Waals surface area (Å²) in [7, 11) is 0. The summed E-state index contributed by atoms with van der Waals surface area (Å²) in [6, 6.07) is 21.3. The summed E-state index contributed by atoms with van der Waals surface area (Å²) in [5.41, 5.74) is 3.08. The number of halogens is 4. The van der Waals surface area contributed by atoms with Gasteiger partial charge in [-0.05, 0) is 47.5 Å². The van der Waals surface area contributed by atoms with Crippen LogP contribution < -0.4 is 4.90 Å². The maximum Gasteiger partial charge on any atom is 0.0470 e. The van der Waals surface area contributed by atoms with Crippen molar-refractivity contribution in [3.8, 4) is 0 Å². The summed E-state index contributed by atoms with van der Waals surface area (Å²) in [4.78, 5) is 2.21. The number of hydrogen-bond acceptors (Lipinski definition) is 1. The van der Waals surface area contributed by atoms with Crippen molar-refractivity contribution in [2.24, 2.45) is 0 Å². The number of para-hydroxylation sites is 1. The number of benzene rings is 3. The fourth-order valence-corrected chi connectivity index (χ4v) is 3.52. The maximum absolute atomic E-state index is 6.36. The lowest BCUT2D eigenvalue weighted by Gasteiger charge is -2.26. The molecule has 0 N–H and O–H groups in total. The minimum Gasteiger partial charge on any atom is -0.363 e. The molecule has 0 atom stereocenters. The molecule has 0 spiro atoms. The van der Waals surface area contributed by atoms with Crippen molar-refractivity contribution in [2.45, 2.75) is 13.1 Å². The van der Waals surface area contributed by atoms with Gasteiger partial charge in [0.1, 0.15) is 0 Å². The van der Waals surface area contributed by atoms with Gasteiger partial charge in [0.05, 0.1) is 0 Å². The first-order valence-electron chi connectivity index (χ1n) is 7.71. The van der Waals surface area contributed by atoms with Crippen LogP contribution in [0.1, 0.15) is 11.1 Å². The molecule has 5 heteroatoms. The molecule has 0 heterocycles. The third-order valence-electron chi connectivity index (χ3n) is 3.87. The van der Waals surface area contributed by atoms with Gasteiger partial charge in [0.25, 0.3) is 0 Å². The monoisotopic (exact) mass is 409 g/mol. The van der Waals surface area contributed by atoms with Gasteiger partial charge in [0.15, 0.2) is 0 Å². The summed E-state index contributed by atoms with van der Waals surface area (Å²) >= 11 is 24.7. The van der Waals surface area contributed by atoms with Crippen LogP contribution in [0.5, 0.6) is 0 Å². The molecule has 0 aliphatic carbocycles. The van der Waals surface area contributed by atoms with E-state index in [1.54, 1.807) is 12.1 Å². The van der Waals surface area contributed by atoms with Crippen molar-refractivity contribution in [3.05, 3.63) is 97.9 Å². The van der Waals surface area contributed by atoms with E-state index in [1.807, 2.05) is 42.5 Å². The molecule has 3 aromatic rings. The molecule has 0 unspecified atom stereocenters. The lowest BCUT2D eigenvalue weighted by molar-refractivity contribution is 0.800. The first-order valence-corrected chi connectivity index (χ1v) is 9.22. The quantitative estimate of drug-likeness (QED) is 0.420. The average molecular weight is 411 g/mol. The predicted molar refractivity (Wildman–Crippen MR) is 109 cm³/mol. The van der Waals surface area contributed by atoms with E-state index in [4.69, 9.17) is 46.4 Å². The number of nitrogens with zero attached hydrogens (tertiary/aromatic N) is 1. The van der Waals surface area contributed by atoms with Crippen LogP contribution in [0.4, 0.5) is 5.69 Å². The molecule has 0 saturated carbocycles. The second-order valence-electron chi connectivity index (χ2n) is 5.66. The molecule has 0 amide bonds. The molecule has 3 rings (SSSR count). The van der Waals surface area contributed by atoms with Crippen LogP contribution in [-0.2, 0) is 13.1 Å². The smallest absolute Gasteiger partial charge is 0.0470 e. The van der Waals surface area contributed by atoms with E-state index in [9.17, 15) is 0 Å². The normalized spacial score (nSPS) is 10.7. The summed E-state index contributed by atoms with van der Waals surface area (Å²) in [6.07, 6.45) is 0. The summed E-state index contributed by atoms with van der Waals surface area (Å²) < 4.78 is 0. The highest BCUT2D eigenvalue weighted by molar-refractivity contribution is 6.35. The van der Waals surface area contributed by atoms with Crippen molar-refractivity contribution in [1.82, 2.24) is 0 Å². The third kappa shape index (κ3) is 4.83. The average Bonchev–Trinajstić information content (AvgIpc) is 2.59. The van der Waals surface area contributed by atoms with Gasteiger partial charge in [-0.15, -0.1) is 0 Å². The van der Waals surface area contributed by atoms with Crippen LogP contribution in [0.25, 0.3) is 0 Å². The standard InChI is InChI=1S/C20H15Cl4N/c21-16-8-6-14(19(23)10-16)12-25(18-4-2-1-3-5-18)13-15-7-9-17(22)11-20(15)24/h1-11H,12-13H2. The molecule has 3 aromatic carbocycles. The molecule has 128 valence electrons. The lowest BCUT2D eigenvalue weighted by Crippen LogP contribution is -2.22. The van der Waals surface area contributed by atoms with Crippen LogP contribution in [0.15, 0.2) is 66.7 Å². The zero-order valence-electron chi connectivity index (χ0n) is 13.2. The van der Waals surface area contributed by atoms with Crippen molar-refractivity contribution < 1.29 is 0 Å². The zero-order valence-corrected chi connectivity index (χ0v) is 16.2. The van der Waals surface area contributed by atoms with Gasteiger partial charge < -0.3 is 4.90 Å². The predicted octanol–water partition coefficient (Wildman–Crippen LogP) is 7.51. The van der Waals surface area contributed by atoms with Crippen LogP contribution in [0.3, 0.4) is 0 Å². The lowest BCUT2D eigenvalue weighted by atomic mass is 10.1. The minimum atomic E-state index is 0.626. The Bertz CT molecular complexity index is 811. The van der Waals surface area contributed by atoms with Crippen molar-refractivity contribution in [3.63, 3.8) is 0 Å². The van der Waals surface area contributed by atoms with Gasteiger partial charge in [-0.25, -0.2) is 0 Å². The third-order valence-corrected chi connectivity index (χ3v) is 5.05.